The number of aromatic nitrogens is 1. The van der Waals surface area contributed by atoms with Crippen molar-refractivity contribution in [1.82, 2.24) is 4.57 Å². The monoisotopic (exact) mass is 386 g/mol. The fraction of sp³-hybridized carbons (Fsp3) is 0.158. The zero-order valence-corrected chi connectivity index (χ0v) is 15.5. The molecule has 0 saturated heterocycles. The molecule has 1 N–H and O–H groups in total. The zero-order valence-electron chi connectivity index (χ0n) is 14.7. The van der Waals surface area contributed by atoms with Gasteiger partial charge in [-0.2, -0.15) is 0 Å². The van der Waals surface area contributed by atoms with E-state index in [1.807, 2.05) is 0 Å². The standard InChI is InChI=1S/C19H15ClN2O5/c1-9-16(11(3)24)17-15(21(9)13-6-4-12(20)5-7-13)8-14(10(2)23)19(25)18(17)22(26)27/h4-8,25H,1-3H3. The molecule has 0 radical (unpaired) electrons. The van der Waals surface area contributed by atoms with Crippen LogP contribution < -0.4 is 0 Å². The van der Waals surface area contributed by atoms with E-state index in [0.29, 0.717) is 16.4 Å². The van der Waals surface area contributed by atoms with Gasteiger partial charge in [0, 0.05) is 16.4 Å². The van der Waals surface area contributed by atoms with Gasteiger partial charge in [-0.15, -0.1) is 0 Å². The Kier molecular flexibility index (Phi) is 4.49. The third kappa shape index (κ3) is 2.86. The van der Waals surface area contributed by atoms with Crippen LogP contribution in [0.2, 0.25) is 5.02 Å². The van der Waals surface area contributed by atoms with Crippen molar-refractivity contribution >= 4 is 39.8 Å². The molecule has 0 unspecified atom stereocenters. The number of carbonyl (C=O) groups is 2. The molecule has 3 aromatic rings. The summed E-state index contributed by atoms with van der Waals surface area (Å²) in [6.45, 7) is 4.16. The summed E-state index contributed by atoms with van der Waals surface area (Å²) in [5.41, 5.74) is 0.648. The van der Waals surface area contributed by atoms with Crippen molar-refractivity contribution in [1.29, 1.82) is 0 Å². The number of nitro benzene ring substituents is 1. The predicted molar refractivity (Wildman–Crippen MR) is 101 cm³/mol. The quantitative estimate of drug-likeness (QED) is 0.400. The number of nitro groups is 1. The molecule has 27 heavy (non-hydrogen) atoms. The number of nitrogens with zero attached hydrogens (tertiary/aromatic N) is 2. The van der Waals surface area contributed by atoms with Crippen LogP contribution in [0.1, 0.15) is 40.3 Å². The van der Waals surface area contributed by atoms with Crippen molar-refractivity contribution in [3.05, 3.63) is 62.3 Å². The summed E-state index contributed by atoms with van der Waals surface area (Å²) in [5.74, 6) is -1.65. The molecule has 7 nitrogen and oxygen atoms in total. The molecular formula is C19H15ClN2O5. The molecule has 2 aromatic carbocycles. The van der Waals surface area contributed by atoms with E-state index in [1.165, 1.54) is 19.9 Å². The summed E-state index contributed by atoms with van der Waals surface area (Å²) in [6.07, 6.45) is 0. The summed E-state index contributed by atoms with van der Waals surface area (Å²) < 4.78 is 1.64. The van der Waals surface area contributed by atoms with E-state index in [1.54, 1.807) is 35.8 Å². The second-order valence-electron chi connectivity index (χ2n) is 6.16. The van der Waals surface area contributed by atoms with Crippen LogP contribution in [0.25, 0.3) is 16.6 Å². The number of fused-ring (bicyclic) bond motifs is 1. The molecule has 0 aliphatic rings. The van der Waals surface area contributed by atoms with Crippen molar-refractivity contribution in [2.24, 2.45) is 0 Å². The molecule has 0 atom stereocenters. The Labute approximate surface area is 158 Å². The number of phenols is 1. The molecule has 0 amide bonds. The Morgan fingerprint density at radius 2 is 1.74 bits per heavy atom. The molecule has 0 aliphatic carbocycles. The zero-order chi connectivity index (χ0) is 20.0. The van der Waals surface area contributed by atoms with Gasteiger partial charge in [0.15, 0.2) is 11.6 Å². The minimum Gasteiger partial charge on any atom is -0.502 e. The lowest BCUT2D eigenvalue weighted by atomic mass is 10.0. The summed E-state index contributed by atoms with van der Waals surface area (Å²) in [5, 5.41) is 22.5. The minimum atomic E-state index is -0.776. The number of ketones is 2. The van der Waals surface area contributed by atoms with Gasteiger partial charge in [0.05, 0.1) is 27.0 Å². The third-order valence-corrected chi connectivity index (χ3v) is 4.69. The Hall–Kier alpha value is -3.19. The van der Waals surface area contributed by atoms with Gasteiger partial charge in [0.2, 0.25) is 5.75 Å². The van der Waals surface area contributed by atoms with Gasteiger partial charge in [-0.3, -0.25) is 19.7 Å². The third-order valence-electron chi connectivity index (χ3n) is 4.44. The van der Waals surface area contributed by atoms with Crippen molar-refractivity contribution in [2.45, 2.75) is 20.8 Å². The number of aromatic hydroxyl groups is 1. The average Bonchev–Trinajstić information content (AvgIpc) is 2.86. The van der Waals surface area contributed by atoms with Gasteiger partial charge >= 0.3 is 5.69 Å². The lowest BCUT2D eigenvalue weighted by molar-refractivity contribution is -0.384. The summed E-state index contributed by atoms with van der Waals surface area (Å²) in [6, 6.07) is 8.07. The second-order valence-corrected chi connectivity index (χ2v) is 6.59. The van der Waals surface area contributed by atoms with Crippen LogP contribution in [0.4, 0.5) is 5.69 Å². The lowest BCUT2D eigenvalue weighted by Crippen LogP contribution is -2.01. The molecule has 0 spiro atoms. The number of hydrogen-bond acceptors (Lipinski definition) is 5. The Balaban J connectivity index is 2.60. The van der Waals surface area contributed by atoms with Gasteiger partial charge in [-0.1, -0.05) is 11.6 Å². The first kappa shape index (κ1) is 18.6. The smallest absolute Gasteiger partial charge is 0.321 e. The first-order chi connectivity index (χ1) is 12.6. The fourth-order valence-electron chi connectivity index (χ4n) is 3.34. The number of rotatable bonds is 4. The Morgan fingerprint density at radius 1 is 1.15 bits per heavy atom. The van der Waals surface area contributed by atoms with Crippen LogP contribution in [0, 0.1) is 17.0 Å². The highest BCUT2D eigenvalue weighted by molar-refractivity contribution is 6.30. The predicted octanol–water partition coefficient (Wildman–Crippen LogP) is 4.61. The van der Waals surface area contributed by atoms with E-state index in [4.69, 9.17) is 11.6 Å². The molecule has 138 valence electrons. The van der Waals surface area contributed by atoms with Crippen molar-refractivity contribution in [3.63, 3.8) is 0 Å². The Bertz CT molecular complexity index is 1130. The van der Waals surface area contributed by atoms with E-state index in [-0.39, 0.29) is 27.8 Å². The topological polar surface area (TPSA) is 102 Å². The normalized spacial score (nSPS) is 11.0. The number of hydrogen-bond donors (Lipinski definition) is 1. The summed E-state index contributed by atoms with van der Waals surface area (Å²) in [7, 11) is 0. The molecule has 8 heteroatoms. The van der Waals surface area contributed by atoms with Gasteiger partial charge in [-0.05, 0) is 51.1 Å². The molecule has 1 aromatic heterocycles. The SMILES string of the molecule is CC(=O)c1cc2c(c(C(C)=O)c(C)n2-c2ccc(Cl)cc2)c([N+](=O)[O-])c1O. The van der Waals surface area contributed by atoms with Gasteiger partial charge in [0.1, 0.15) is 0 Å². The number of Topliss-reactive ketones (excluding diaryl/α,β-unsaturated/α-hetero) is 2. The van der Waals surface area contributed by atoms with Gasteiger partial charge in [-0.25, -0.2) is 0 Å². The number of benzene rings is 2. The largest absolute Gasteiger partial charge is 0.502 e. The summed E-state index contributed by atoms with van der Waals surface area (Å²) in [4.78, 5) is 35.1. The first-order valence-corrected chi connectivity index (χ1v) is 8.36. The molecule has 0 aliphatic heterocycles. The molecule has 1 heterocycles. The number of carbonyl (C=O) groups excluding carboxylic acids is 2. The minimum absolute atomic E-state index is 0.00227. The van der Waals surface area contributed by atoms with Crippen molar-refractivity contribution in [2.75, 3.05) is 0 Å². The maximum absolute atomic E-state index is 12.3. The van der Waals surface area contributed by atoms with E-state index in [9.17, 15) is 24.8 Å². The van der Waals surface area contributed by atoms with Crippen LogP contribution in [0.5, 0.6) is 5.75 Å². The van der Waals surface area contributed by atoms with Crippen LogP contribution in [0.15, 0.2) is 30.3 Å². The van der Waals surface area contributed by atoms with E-state index < -0.39 is 22.1 Å². The van der Waals surface area contributed by atoms with Crippen LogP contribution in [0.3, 0.4) is 0 Å². The van der Waals surface area contributed by atoms with Gasteiger partial charge in [0.25, 0.3) is 0 Å². The lowest BCUT2D eigenvalue weighted by Gasteiger charge is -2.10. The molecule has 3 rings (SSSR count). The fourth-order valence-corrected chi connectivity index (χ4v) is 3.47. The molecule has 0 bridgehead atoms. The molecule has 0 fully saturated rings. The highest BCUT2D eigenvalue weighted by Crippen LogP contribution is 2.43. The molecular weight excluding hydrogens is 372 g/mol. The maximum Gasteiger partial charge on any atom is 0.321 e. The van der Waals surface area contributed by atoms with E-state index in [0.717, 1.165) is 0 Å². The van der Waals surface area contributed by atoms with Crippen molar-refractivity contribution in [3.8, 4) is 11.4 Å². The van der Waals surface area contributed by atoms with Gasteiger partial charge < -0.3 is 9.67 Å². The van der Waals surface area contributed by atoms with E-state index >= 15 is 0 Å². The van der Waals surface area contributed by atoms with Crippen molar-refractivity contribution < 1.29 is 19.6 Å². The number of halogens is 1. The highest BCUT2D eigenvalue weighted by atomic mass is 35.5. The average molecular weight is 387 g/mol. The highest BCUT2D eigenvalue weighted by Gasteiger charge is 2.32. The van der Waals surface area contributed by atoms with E-state index in [2.05, 4.69) is 0 Å². The molecule has 0 saturated carbocycles. The summed E-state index contributed by atoms with van der Waals surface area (Å²) >= 11 is 5.94. The maximum atomic E-state index is 12.3. The van der Waals surface area contributed by atoms with Crippen LogP contribution in [-0.4, -0.2) is 26.2 Å². The van der Waals surface area contributed by atoms with Crippen LogP contribution >= 0.6 is 11.6 Å². The first-order valence-electron chi connectivity index (χ1n) is 7.98. The number of phenolic OH excluding ortho intramolecular Hbond substituents is 1. The van der Waals surface area contributed by atoms with Crippen LogP contribution in [-0.2, 0) is 0 Å². The second kappa shape index (κ2) is 6.51. The Morgan fingerprint density at radius 3 is 2.22 bits per heavy atom.